The van der Waals surface area contributed by atoms with Crippen LogP contribution in [-0.4, -0.2) is 36.8 Å². The minimum atomic E-state index is -0.255. The summed E-state index contributed by atoms with van der Waals surface area (Å²) in [6.45, 7) is 5.93. The fraction of sp³-hybridized carbons (Fsp3) is 0.400. The number of nitrogens with zero attached hydrogens (tertiary/aromatic N) is 2. The summed E-state index contributed by atoms with van der Waals surface area (Å²) in [5.74, 6) is 0.732. The number of methoxy groups -OCH3 is 1. The molecule has 1 aromatic heterocycles. The predicted octanol–water partition coefficient (Wildman–Crippen LogP) is 2.60. The first-order valence-corrected chi connectivity index (χ1v) is 8.66. The Morgan fingerprint density at radius 2 is 1.78 bits per heavy atom. The first-order valence-electron chi connectivity index (χ1n) is 8.66. The van der Waals surface area contributed by atoms with Gasteiger partial charge in [0.25, 0.3) is 5.56 Å². The summed E-state index contributed by atoms with van der Waals surface area (Å²) in [6.07, 6.45) is 1.80. The number of hydrogen-bond acceptors (Lipinski definition) is 3. The minimum Gasteiger partial charge on any atom is -0.377 e. The summed E-state index contributed by atoms with van der Waals surface area (Å²) in [4.78, 5) is 16.0. The van der Waals surface area contributed by atoms with Gasteiger partial charge in [-0.25, -0.2) is 0 Å². The number of ether oxygens (including phenoxy) is 1. The molecule has 2 aromatic rings. The van der Waals surface area contributed by atoms with E-state index in [0.717, 1.165) is 17.1 Å². The highest BCUT2D eigenvalue weighted by atomic mass is 127. The topological polar surface area (TPSA) is 67.7 Å². The molecule has 27 heavy (non-hydrogen) atoms. The molecular formula is C20H29IN4O2. The van der Waals surface area contributed by atoms with Crippen LogP contribution in [0.2, 0.25) is 0 Å². The van der Waals surface area contributed by atoms with Gasteiger partial charge in [0.2, 0.25) is 0 Å². The molecule has 0 fully saturated rings. The van der Waals surface area contributed by atoms with Gasteiger partial charge < -0.3 is 19.9 Å². The highest BCUT2D eigenvalue weighted by Gasteiger charge is 2.16. The molecule has 1 heterocycles. The van der Waals surface area contributed by atoms with Crippen LogP contribution in [0.15, 0.2) is 58.4 Å². The SMILES string of the molecule is CN=C(NCc1ccc(Cn2ccccc2=O)cc1)NCC(C)(C)OC.I. The molecule has 2 rings (SSSR count). The molecule has 0 spiro atoms. The smallest absolute Gasteiger partial charge is 0.250 e. The summed E-state index contributed by atoms with van der Waals surface area (Å²) in [5, 5.41) is 6.55. The van der Waals surface area contributed by atoms with E-state index in [9.17, 15) is 4.79 Å². The lowest BCUT2D eigenvalue weighted by Gasteiger charge is -2.24. The van der Waals surface area contributed by atoms with Gasteiger partial charge in [0.05, 0.1) is 12.1 Å². The van der Waals surface area contributed by atoms with E-state index in [1.54, 1.807) is 37.1 Å². The number of aromatic nitrogens is 1. The van der Waals surface area contributed by atoms with E-state index in [4.69, 9.17) is 4.74 Å². The lowest BCUT2D eigenvalue weighted by atomic mass is 10.1. The van der Waals surface area contributed by atoms with Crippen molar-refractivity contribution in [2.45, 2.75) is 32.5 Å². The van der Waals surface area contributed by atoms with Crippen LogP contribution in [0.4, 0.5) is 0 Å². The lowest BCUT2D eigenvalue weighted by molar-refractivity contribution is 0.0268. The molecule has 1 aromatic carbocycles. The molecule has 0 aliphatic heterocycles. The van der Waals surface area contributed by atoms with Crippen LogP contribution in [0.3, 0.4) is 0 Å². The van der Waals surface area contributed by atoms with E-state index in [1.807, 2.05) is 32.0 Å². The Morgan fingerprint density at radius 1 is 1.11 bits per heavy atom. The maximum absolute atomic E-state index is 11.8. The van der Waals surface area contributed by atoms with E-state index in [0.29, 0.717) is 19.6 Å². The van der Waals surface area contributed by atoms with E-state index < -0.39 is 0 Å². The predicted molar refractivity (Wildman–Crippen MR) is 121 cm³/mol. The molecule has 0 aliphatic rings. The van der Waals surface area contributed by atoms with Crippen molar-refractivity contribution >= 4 is 29.9 Å². The number of pyridine rings is 1. The van der Waals surface area contributed by atoms with E-state index >= 15 is 0 Å². The van der Waals surface area contributed by atoms with Gasteiger partial charge in [-0.2, -0.15) is 0 Å². The van der Waals surface area contributed by atoms with Gasteiger partial charge in [-0.05, 0) is 31.0 Å². The minimum absolute atomic E-state index is 0. The van der Waals surface area contributed by atoms with Crippen LogP contribution in [0.25, 0.3) is 0 Å². The Bertz CT molecular complexity index is 785. The van der Waals surface area contributed by atoms with Crippen molar-refractivity contribution < 1.29 is 4.74 Å². The van der Waals surface area contributed by atoms with E-state index in [2.05, 4.69) is 27.8 Å². The van der Waals surface area contributed by atoms with Crippen LogP contribution < -0.4 is 16.2 Å². The zero-order valence-corrected chi connectivity index (χ0v) is 18.7. The van der Waals surface area contributed by atoms with E-state index in [1.165, 1.54) is 0 Å². The molecule has 0 bridgehead atoms. The quantitative estimate of drug-likeness (QED) is 0.360. The molecule has 0 amide bonds. The molecule has 0 radical (unpaired) electrons. The average Bonchev–Trinajstić information content (AvgIpc) is 2.65. The highest BCUT2D eigenvalue weighted by molar-refractivity contribution is 14.0. The maximum atomic E-state index is 11.8. The number of guanidine groups is 1. The van der Waals surface area contributed by atoms with Gasteiger partial charge in [0, 0.05) is 39.5 Å². The van der Waals surface area contributed by atoms with Crippen LogP contribution in [0, 0.1) is 0 Å². The molecule has 0 unspecified atom stereocenters. The summed E-state index contributed by atoms with van der Waals surface area (Å²) >= 11 is 0. The standard InChI is InChI=1S/C20H28N4O2.HI/c1-20(2,26-4)15-23-19(21-3)22-13-16-8-10-17(11-9-16)14-24-12-6-5-7-18(24)25;/h5-12H,13-15H2,1-4H3,(H2,21,22,23);1H. The Labute approximate surface area is 178 Å². The Hall–Kier alpha value is -1.87. The fourth-order valence-corrected chi connectivity index (χ4v) is 2.33. The third kappa shape index (κ3) is 7.72. The Balaban J connectivity index is 0.00000364. The van der Waals surface area contributed by atoms with Crippen molar-refractivity contribution in [3.63, 3.8) is 0 Å². The van der Waals surface area contributed by atoms with Crippen molar-refractivity contribution in [3.05, 3.63) is 70.1 Å². The van der Waals surface area contributed by atoms with Gasteiger partial charge in [0.1, 0.15) is 0 Å². The van der Waals surface area contributed by atoms with E-state index in [-0.39, 0.29) is 35.1 Å². The second kappa shape index (κ2) is 11.1. The summed E-state index contributed by atoms with van der Waals surface area (Å²) in [7, 11) is 3.44. The number of halogens is 1. The average molecular weight is 484 g/mol. The van der Waals surface area contributed by atoms with Crippen LogP contribution >= 0.6 is 24.0 Å². The summed E-state index contributed by atoms with van der Waals surface area (Å²) in [5.41, 5.74) is 1.98. The summed E-state index contributed by atoms with van der Waals surface area (Å²) in [6, 6.07) is 13.4. The second-order valence-electron chi connectivity index (χ2n) is 6.73. The third-order valence-electron chi connectivity index (χ3n) is 4.19. The number of hydrogen-bond donors (Lipinski definition) is 2. The van der Waals surface area contributed by atoms with Gasteiger partial charge in [-0.1, -0.05) is 30.3 Å². The van der Waals surface area contributed by atoms with Crippen molar-refractivity contribution in [2.24, 2.45) is 4.99 Å². The molecule has 0 saturated carbocycles. The van der Waals surface area contributed by atoms with Crippen molar-refractivity contribution in [3.8, 4) is 0 Å². The monoisotopic (exact) mass is 484 g/mol. The zero-order valence-electron chi connectivity index (χ0n) is 16.4. The van der Waals surface area contributed by atoms with Crippen LogP contribution in [0.5, 0.6) is 0 Å². The van der Waals surface area contributed by atoms with Crippen molar-refractivity contribution in [1.29, 1.82) is 0 Å². The molecule has 2 N–H and O–H groups in total. The van der Waals surface area contributed by atoms with Crippen molar-refractivity contribution in [1.82, 2.24) is 15.2 Å². The largest absolute Gasteiger partial charge is 0.377 e. The Kier molecular flexibility index (Phi) is 9.51. The first-order chi connectivity index (χ1) is 12.4. The van der Waals surface area contributed by atoms with Crippen LogP contribution in [-0.2, 0) is 17.8 Å². The molecule has 148 valence electrons. The molecule has 7 heteroatoms. The molecule has 6 nitrogen and oxygen atoms in total. The normalized spacial score (nSPS) is 11.6. The van der Waals surface area contributed by atoms with Gasteiger partial charge in [-0.3, -0.25) is 9.79 Å². The Morgan fingerprint density at radius 3 is 2.37 bits per heavy atom. The first kappa shape index (κ1) is 23.2. The molecule has 0 atom stereocenters. The number of aliphatic imine (C=N–C) groups is 1. The van der Waals surface area contributed by atoms with Gasteiger partial charge in [0.15, 0.2) is 5.96 Å². The van der Waals surface area contributed by atoms with Gasteiger partial charge >= 0.3 is 0 Å². The fourth-order valence-electron chi connectivity index (χ4n) is 2.33. The number of rotatable bonds is 7. The molecule has 0 aliphatic carbocycles. The zero-order chi connectivity index (χ0) is 19.0. The van der Waals surface area contributed by atoms with Crippen molar-refractivity contribution in [2.75, 3.05) is 20.7 Å². The summed E-state index contributed by atoms with van der Waals surface area (Å²) < 4.78 is 7.09. The maximum Gasteiger partial charge on any atom is 0.250 e. The van der Waals surface area contributed by atoms with Gasteiger partial charge in [-0.15, -0.1) is 24.0 Å². The highest BCUT2D eigenvalue weighted by Crippen LogP contribution is 2.06. The number of nitrogens with one attached hydrogen (secondary N) is 2. The molecular weight excluding hydrogens is 455 g/mol. The van der Waals surface area contributed by atoms with Crippen LogP contribution in [0.1, 0.15) is 25.0 Å². The lowest BCUT2D eigenvalue weighted by Crippen LogP contribution is -2.45. The number of benzene rings is 1. The second-order valence-corrected chi connectivity index (χ2v) is 6.73. The molecule has 0 saturated heterocycles. The third-order valence-corrected chi connectivity index (χ3v) is 4.19.